The van der Waals surface area contributed by atoms with Crippen LogP contribution in [0.3, 0.4) is 0 Å². The molecule has 9 heteroatoms. The highest BCUT2D eigenvalue weighted by atomic mass is 35.5. The van der Waals surface area contributed by atoms with Crippen molar-refractivity contribution in [3.8, 4) is 0 Å². The normalized spacial score (nSPS) is 11.5. The molecule has 6 nitrogen and oxygen atoms in total. The summed E-state index contributed by atoms with van der Waals surface area (Å²) in [5, 5.41) is 3.67. The number of halogens is 2. The van der Waals surface area contributed by atoms with Crippen LogP contribution < -0.4 is 10.0 Å². The van der Waals surface area contributed by atoms with Crippen molar-refractivity contribution in [2.45, 2.75) is 4.90 Å². The minimum Gasteiger partial charge on any atom is -0.383 e. The summed E-state index contributed by atoms with van der Waals surface area (Å²) in [6.45, 7) is 1.65. The molecule has 2 N–H and O–H groups in total. The first-order valence-corrected chi connectivity index (χ1v) is 9.34. The molecule has 1 heterocycles. The Bertz CT molecular complexity index is 796. The Labute approximate surface area is 151 Å². The molecule has 0 saturated carbocycles. The van der Waals surface area contributed by atoms with Gasteiger partial charge in [-0.15, -0.1) is 0 Å². The van der Waals surface area contributed by atoms with Gasteiger partial charge in [0.05, 0.1) is 26.8 Å². The maximum Gasteiger partial charge on any atom is 0.263 e. The van der Waals surface area contributed by atoms with Gasteiger partial charge in [-0.3, -0.25) is 4.72 Å². The number of sulfonamides is 1. The molecule has 0 atom stereocenters. The van der Waals surface area contributed by atoms with E-state index in [0.29, 0.717) is 5.02 Å². The quantitative estimate of drug-likeness (QED) is 0.761. The van der Waals surface area contributed by atoms with Crippen LogP contribution in [0.4, 0.5) is 11.5 Å². The average molecular weight is 389 g/mol. The summed E-state index contributed by atoms with van der Waals surface area (Å²) in [5.74, 6) is 0.222. The fraction of sp³-hybridized carbons (Fsp3) is 0.267. The van der Waals surface area contributed by atoms with E-state index in [0.717, 1.165) is 18.8 Å². The molecule has 2 rings (SSSR count). The zero-order valence-corrected chi connectivity index (χ0v) is 15.6. The predicted molar refractivity (Wildman–Crippen MR) is 98.6 cm³/mol. The monoisotopic (exact) mass is 388 g/mol. The SMILES string of the molecule is CN(C)CCNc1ccc(NS(=O)(=O)c2ccc(Cl)c(Cl)c2)nc1. The lowest BCUT2D eigenvalue weighted by molar-refractivity contribution is 0.425. The Hall–Kier alpha value is -1.54. The summed E-state index contributed by atoms with van der Waals surface area (Å²) in [6.07, 6.45) is 1.57. The highest BCUT2D eigenvalue weighted by molar-refractivity contribution is 7.92. The van der Waals surface area contributed by atoms with Crippen LogP contribution in [0.25, 0.3) is 0 Å². The van der Waals surface area contributed by atoms with E-state index in [4.69, 9.17) is 23.2 Å². The van der Waals surface area contributed by atoms with Gasteiger partial charge in [0.1, 0.15) is 5.82 Å². The molecule has 2 aromatic rings. The van der Waals surface area contributed by atoms with Crippen molar-refractivity contribution in [3.63, 3.8) is 0 Å². The third-order valence-corrected chi connectivity index (χ3v) is 5.18. The summed E-state index contributed by atoms with van der Waals surface area (Å²) in [6, 6.07) is 7.46. The molecule has 0 aliphatic carbocycles. The zero-order chi connectivity index (χ0) is 17.7. The Morgan fingerprint density at radius 2 is 1.88 bits per heavy atom. The minimum absolute atomic E-state index is 0.0203. The molecule has 1 aromatic heterocycles. The number of likely N-dealkylation sites (N-methyl/N-ethyl adjacent to an activating group) is 1. The molecule has 130 valence electrons. The van der Waals surface area contributed by atoms with Gasteiger partial charge >= 0.3 is 0 Å². The first kappa shape index (κ1) is 18.8. The van der Waals surface area contributed by atoms with Crippen LogP contribution in [-0.4, -0.2) is 45.5 Å². The largest absolute Gasteiger partial charge is 0.383 e. The van der Waals surface area contributed by atoms with Crippen LogP contribution in [0.15, 0.2) is 41.4 Å². The molecule has 24 heavy (non-hydrogen) atoms. The van der Waals surface area contributed by atoms with E-state index in [-0.39, 0.29) is 15.7 Å². The lowest BCUT2D eigenvalue weighted by Crippen LogP contribution is -2.20. The van der Waals surface area contributed by atoms with E-state index in [1.165, 1.54) is 18.2 Å². The molecular weight excluding hydrogens is 371 g/mol. The van der Waals surface area contributed by atoms with Crippen molar-refractivity contribution in [3.05, 3.63) is 46.6 Å². The average Bonchev–Trinajstić information content (AvgIpc) is 2.51. The van der Waals surface area contributed by atoms with E-state index in [2.05, 4.69) is 19.9 Å². The molecule has 0 saturated heterocycles. The summed E-state index contributed by atoms with van der Waals surface area (Å²) >= 11 is 11.7. The number of rotatable bonds is 7. The van der Waals surface area contributed by atoms with Gasteiger partial charge in [-0.1, -0.05) is 23.2 Å². The molecule has 0 spiro atoms. The fourth-order valence-electron chi connectivity index (χ4n) is 1.82. The second-order valence-electron chi connectivity index (χ2n) is 5.34. The number of nitrogens with zero attached hydrogens (tertiary/aromatic N) is 2. The molecule has 0 fully saturated rings. The second kappa shape index (κ2) is 8.02. The van der Waals surface area contributed by atoms with Crippen LogP contribution in [0.1, 0.15) is 0 Å². The topological polar surface area (TPSA) is 74.3 Å². The van der Waals surface area contributed by atoms with Crippen LogP contribution in [-0.2, 0) is 10.0 Å². The molecule has 0 aliphatic rings. The molecule has 0 unspecified atom stereocenters. The van der Waals surface area contributed by atoms with E-state index >= 15 is 0 Å². The fourth-order valence-corrected chi connectivity index (χ4v) is 3.22. The van der Waals surface area contributed by atoms with Crippen molar-refractivity contribution in [2.24, 2.45) is 0 Å². The van der Waals surface area contributed by atoms with Crippen LogP contribution in [0.5, 0.6) is 0 Å². The summed E-state index contributed by atoms with van der Waals surface area (Å²) < 4.78 is 27.1. The Morgan fingerprint density at radius 1 is 1.12 bits per heavy atom. The minimum atomic E-state index is -3.78. The van der Waals surface area contributed by atoms with Gasteiger partial charge in [-0.25, -0.2) is 13.4 Å². The van der Waals surface area contributed by atoms with Gasteiger partial charge in [-0.2, -0.15) is 0 Å². The number of pyridine rings is 1. The van der Waals surface area contributed by atoms with Crippen molar-refractivity contribution >= 4 is 44.7 Å². The first-order valence-electron chi connectivity index (χ1n) is 7.10. The Kier molecular flexibility index (Phi) is 6.28. The maximum absolute atomic E-state index is 12.3. The van der Waals surface area contributed by atoms with Crippen molar-refractivity contribution < 1.29 is 8.42 Å². The summed E-state index contributed by atoms with van der Waals surface area (Å²) in [4.78, 5) is 6.18. The number of nitrogens with one attached hydrogen (secondary N) is 2. The first-order chi connectivity index (χ1) is 11.3. The van der Waals surface area contributed by atoms with Gasteiger partial charge in [0, 0.05) is 13.1 Å². The van der Waals surface area contributed by atoms with Gasteiger partial charge < -0.3 is 10.2 Å². The zero-order valence-electron chi connectivity index (χ0n) is 13.3. The predicted octanol–water partition coefficient (Wildman–Crippen LogP) is 3.16. The van der Waals surface area contributed by atoms with Gasteiger partial charge in [0.15, 0.2) is 0 Å². The van der Waals surface area contributed by atoms with Crippen LogP contribution >= 0.6 is 23.2 Å². The van der Waals surface area contributed by atoms with Crippen LogP contribution in [0, 0.1) is 0 Å². The van der Waals surface area contributed by atoms with Crippen molar-refractivity contribution in [2.75, 3.05) is 37.2 Å². The van der Waals surface area contributed by atoms with Crippen molar-refractivity contribution in [1.82, 2.24) is 9.88 Å². The number of hydrogen-bond donors (Lipinski definition) is 2. The molecule has 0 aliphatic heterocycles. The number of aromatic nitrogens is 1. The third-order valence-electron chi connectivity index (χ3n) is 3.09. The lowest BCUT2D eigenvalue weighted by Gasteiger charge is -2.12. The molecule has 0 radical (unpaired) electrons. The molecular formula is C15H18Cl2N4O2S. The third kappa shape index (κ3) is 5.24. The molecule has 1 aromatic carbocycles. The van der Waals surface area contributed by atoms with Gasteiger partial charge in [-0.05, 0) is 44.4 Å². The van der Waals surface area contributed by atoms with E-state index < -0.39 is 10.0 Å². The van der Waals surface area contributed by atoms with Crippen molar-refractivity contribution in [1.29, 1.82) is 0 Å². The second-order valence-corrected chi connectivity index (χ2v) is 7.84. The maximum atomic E-state index is 12.3. The molecule has 0 bridgehead atoms. The number of anilines is 2. The smallest absolute Gasteiger partial charge is 0.263 e. The number of hydrogen-bond acceptors (Lipinski definition) is 5. The van der Waals surface area contributed by atoms with E-state index in [1.54, 1.807) is 18.3 Å². The van der Waals surface area contributed by atoms with E-state index in [9.17, 15) is 8.42 Å². The lowest BCUT2D eigenvalue weighted by atomic mass is 10.4. The Morgan fingerprint density at radius 3 is 2.46 bits per heavy atom. The Balaban J connectivity index is 2.05. The highest BCUT2D eigenvalue weighted by Crippen LogP contribution is 2.25. The highest BCUT2D eigenvalue weighted by Gasteiger charge is 2.16. The van der Waals surface area contributed by atoms with E-state index in [1.807, 2.05) is 14.1 Å². The summed E-state index contributed by atoms with van der Waals surface area (Å²) in [5.41, 5.74) is 0.814. The van der Waals surface area contributed by atoms with Crippen LogP contribution in [0.2, 0.25) is 10.0 Å². The number of benzene rings is 1. The molecule has 0 amide bonds. The summed E-state index contributed by atoms with van der Waals surface area (Å²) in [7, 11) is 0.198. The standard InChI is InChI=1S/C15H18Cl2N4O2S/c1-21(2)8-7-18-11-3-6-15(19-10-11)20-24(22,23)12-4-5-13(16)14(17)9-12/h3-6,9-10,18H,7-8H2,1-2H3,(H,19,20). The van der Waals surface area contributed by atoms with Gasteiger partial charge in [0.2, 0.25) is 0 Å². The van der Waals surface area contributed by atoms with Gasteiger partial charge in [0.25, 0.3) is 10.0 Å².